The van der Waals surface area contributed by atoms with Crippen LogP contribution in [0, 0.1) is 10.1 Å². The molecule has 0 aliphatic carbocycles. The number of non-ortho nitro benzene ring substituents is 1. The summed E-state index contributed by atoms with van der Waals surface area (Å²) in [6, 6.07) is 7.16. The molecular weight excluding hydrogens is 376 g/mol. The molecule has 1 heterocycles. The standard InChI is InChI=1S/C16H18N4O4S2/c1-2-6-25-9-12-8-14(21)19-16(18-12)26-10-15(22)17-11-4-3-5-13(7-11)20(23)24/h3-5,7-8H,2,6,9-10H2,1H3,(H,17,22)(H,18,19,21). The monoisotopic (exact) mass is 394 g/mol. The van der Waals surface area contributed by atoms with Gasteiger partial charge in [0.05, 0.1) is 16.4 Å². The molecule has 10 heteroatoms. The van der Waals surface area contributed by atoms with E-state index >= 15 is 0 Å². The number of nitrogens with one attached hydrogen (secondary N) is 2. The van der Waals surface area contributed by atoms with Gasteiger partial charge in [-0.05, 0) is 18.2 Å². The largest absolute Gasteiger partial charge is 0.325 e. The molecule has 0 fully saturated rings. The van der Waals surface area contributed by atoms with Crippen molar-refractivity contribution in [2.24, 2.45) is 0 Å². The highest BCUT2D eigenvalue weighted by molar-refractivity contribution is 7.99. The van der Waals surface area contributed by atoms with Crippen LogP contribution in [0.4, 0.5) is 11.4 Å². The Balaban J connectivity index is 1.93. The second kappa shape index (κ2) is 9.97. The second-order valence-electron chi connectivity index (χ2n) is 5.24. The van der Waals surface area contributed by atoms with Gasteiger partial charge in [-0.25, -0.2) is 4.98 Å². The summed E-state index contributed by atoms with van der Waals surface area (Å²) < 4.78 is 0. The molecule has 2 rings (SSSR count). The fourth-order valence-corrected chi connectivity index (χ4v) is 3.46. The third-order valence-corrected chi connectivity index (χ3v) is 5.12. The fourth-order valence-electron chi connectivity index (χ4n) is 1.98. The fraction of sp³-hybridized carbons (Fsp3) is 0.312. The molecule has 2 aromatic rings. The van der Waals surface area contributed by atoms with Gasteiger partial charge in [0.1, 0.15) is 0 Å². The van der Waals surface area contributed by atoms with Crippen molar-refractivity contribution in [2.45, 2.75) is 24.3 Å². The number of carbonyl (C=O) groups excluding carboxylic acids is 1. The average Bonchev–Trinajstić information content (AvgIpc) is 2.60. The summed E-state index contributed by atoms with van der Waals surface area (Å²) in [7, 11) is 0. The van der Waals surface area contributed by atoms with Gasteiger partial charge < -0.3 is 10.3 Å². The Hall–Kier alpha value is -2.33. The lowest BCUT2D eigenvalue weighted by molar-refractivity contribution is -0.384. The van der Waals surface area contributed by atoms with Crippen LogP contribution in [0.1, 0.15) is 19.0 Å². The molecule has 0 spiro atoms. The first-order chi connectivity index (χ1) is 12.5. The van der Waals surface area contributed by atoms with Crippen molar-refractivity contribution in [2.75, 3.05) is 16.8 Å². The number of aromatic nitrogens is 2. The molecule has 138 valence electrons. The van der Waals surface area contributed by atoms with Crippen LogP contribution in [0.5, 0.6) is 0 Å². The third kappa shape index (κ3) is 6.52. The Bertz CT molecular complexity index is 841. The Labute approximate surface area is 158 Å². The molecule has 26 heavy (non-hydrogen) atoms. The number of nitro benzene ring substituents is 1. The lowest BCUT2D eigenvalue weighted by atomic mass is 10.3. The summed E-state index contributed by atoms with van der Waals surface area (Å²) >= 11 is 2.80. The van der Waals surface area contributed by atoms with Gasteiger partial charge in [0.15, 0.2) is 5.16 Å². The predicted octanol–water partition coefficient (Wildman–Crippen LogP) is 3.05. The number of benzene rings is 1. The summed E-state index contributed by atoms with van der Waals surface area (Å²) in [5.41, 5.74) is 0.664. The zero-order valence-electron chi connectivity index (χ0n) is 14.1. The van der Waals surface area contributed by atoms with E-state index in [2.05, 4.69) is 22.2 Å². The van der Waals surface area contributed by atoms with Crippen LogP contribution in [0.2, 0.25) is 0 Å². The van der Waals surface area contributed by atoms with Crippen molar-refractivity contribution >= 4 is 40.8 Å². The summed E-state index contributed by atoms with van der Waals surface area (Å²) in [6.45, 7) is 2.08. The van der Waals surface area contributed by atoms with E-state index in [1.54, 1.807) is 17.8 Å². The summed E-state index contributed by atoms with van der Waals surface area (Å²) in [4.78, 5) is 40.9. The van der Waals surface area contributed by atoms with Crippen molar-refractivity contribution in [3.05, 3.63) is 56.5 Å². The zero-order chi connectivity index (χ0) is 18.9. The van der Waals surface area contributed by atoms with Crippen LogP contribution in [0.15, 0.2) is 40.3 Å². The molecule has 1 aromatic heterocycles. The summed E-state index contributed by atoms with van der Waals surface area (Å²) in [6.07, 6.45) is 1.05. The van der Waals surface area contributed by atoms with E-state index in [1.807, 2.05) is 0 Å². The number of carbonyl (C=O) groups is 1. The molecule has 1 amide bonds. The highest BCUT2D eigenvalue weighted by Gasteiger charge is 2.10. The highest BCUT2D eigenvalue weighted by Crippen LogP contribution is 2.18. The van der Waals surface area contributed by atoms with Gasteiger partial charge in [-0.1, -0.05) is 24.8 Å². The predicted molar refractivity (Wildman–Crippen MR) is 104 cm³/mol. The van der Waals surface area contributed by atoms with E-state index in [0.29, 0.717) is 22.3 Å². The SMILES string of the molecule is CCCSCc1cc(=O)[nH]c(SCC(=O)Nc2cccc([N+](=O)[O-])c2)n1. The zero-order valence-corrected chi connectivity index (χ0v) is 15.7. The van der Waals surface area contributed by atoms with Gasteiger partial charge in [0.25, 0.3) is 11.2 Å². The van der Waals surface area contributed by atoms with E-state index < -0.39 is 4.92 Å². The van der Waals surface area contributed by atoms with Crippen molar-refractivity contribution in [3.8, 4) is 0 Å². The molecule has 0 saturated carbocycles. The Kier molecular flexibility index (Phi) is 7.67. The topological polar surface area (TPSA) is 118 Å². The Morgan fingerprint density at radius 1 is 1.38 bits per heavy atom. The number of hydrogen-bond donors (Lipinski definition) is 2. The highest BCUT2D eigenvalue weighted by atomic mass is 32.2. The molecule has 0 atom stereocenters. The minimum Gasteiger partial charge on any atom is -0.325 e. The van der Waals surface area contributed by atoms with Gasteiger partial charge in [-0.2, -0.15) is 11.8 Å². The molecule has 0 radical (unpaired) electrons. The first kappa shape index (κ1) is 20.0. The normalized spacial score (nSPS) is 10.5. The van der Waals surface area contributed by atoms with Gasteiger partial charge >= 0.3 is 0 Å². The maximum absolute atomic E-state index is 12.0. The molecule has 0 bridgehead atoms. The Morgan fingerprint density at radius 2 is 2.19 bits per heavy atom. The molecule has 1 aromatic carbocycles. The molecule has 2 N–H and O–H groups in total. The van der Waals surface area contributed by atoms with Crippen LogP contribution in [0.25, 0.3) is 0 Å². The third-order valence-electron chi connectivity index (χ3n) is 3.05. The minimum atomic E-state index is -0.527. The molecular formula is C16H18N4O4S2. The number of amides is 1. The van der Waals surface area contributed by atoms with E-state index in [1.165, 1.54) is 24.3 Å². The van der Waals surface area contributed by atoms with E-state index in [-0.39, 0.29) is 22.9 Å². The van der Waals surface area contributed by atoms with E-state index in [0.717, 1.165) is 23.9 Å². The van der Waals surface area contributed by atoms with E-state index in [9.17, 15) is 19.7 Å². The van der Waals surface area contributed by atoms with Crippen LogP contribution in [-0.2, 0) is 10.5 Å². The number of nitrogens with zero attached hydrogens (tertiary/aromatic N) is 2. The first-order valence-corrected chi connectivity index (χ1v) is 9.97. The second-order valence-corrected chi connectivity index (χ2v) is 7.31. The smallest absolute Gasteiger partial charge is 0.271 e. The first-order valence-electron chi connectivity index (χ1n) is 7.83. The van der Waals surface area contributed by atoms with Crippen LogP contribution < -0.4 is 10.9 Å². The molecule has 0 aliphatic heterocycles. The van der Waals surface area contributed by atoms with Gasteiger partial charge in [0.2, 0.25) is 5.91 Å². The van der Waals surface area contributed by atoms with Crippen LogP contribution in [0.3, 0.4) is 0 Å². The van der Waals surface area contributed by atoms with Crippen molar-refractivity contribution in [1.82, 2.24) is 9.97 Å². The van der Waals surface area contributed by atoms with E-state index in [4.69, 9.17) is 0 Å². The van der Waals surface area contributed by atoms with Crippen molar-refractivity contribution in [1.29, 1.82) is 0 Å². The van der Waals surface area contributed by atoms with Crippen molar-refractivity contribution in [3.63, 3.8) is 0 Å². The van der Waals surface area contributed by atoms with Crippen molar-refractivity contribution < 1.29 is 9.72 Å². The molecule has 8 nitrogen and oxygen atoms in total. The molecule has 0 aliphatic rings. The van der Waals surface area contributed by atoms with Crippen LogP contribution in [-0.4, -0.2) is 32.3 Å². The maximum atomic E-state index is 12.0. The number of aromatic amines is 1. The Morgan fingerprint density at radius 3 is 2.92 bits per heavy atom. The summed E-state index contributed by atoms with van der Waals surface area (Å²) in [5, 5.41) is 13.7. The average molecular weight is 394 g/mol. The van der Waals surface area contributed by atoms with Gasteiger partial charge in [0, 0.05) is 29.6 Å². The molecule has 0 saturated heterocycles. The summed E-state index contributed by atoms with van der Waals surface area (Å²) in [5.74, 6) is 1.31. The minimum absolute atomic E-state index is 0.0250. The number of H-pyrrole nitrogens is 1. The lowest BCUT2D eigenvalue weighted by Crippen LogP contribution is -2.16. The number of nitro groups is 1. The lowest BCUT2D eigenvalue weighted by Gasteiger charge is -2.06. The quantitative estimate of drug-likeness (QED) is 0.221. The number of hydrogen-bond acceptors (Lipinski definition) is 7. The van der Waals surface area contributed by atoms with Crippen LogP contribution >= 0.6 is 23.5 Å². The number of thioether (sulfide) groups is 2. The number of anilines is 1. The molecule has 0 unspecified atom stereocenters. The maximum Gasteiger partial charge on any atom is 0.271 e. The number of rotatable bonds is 9. The van der Waals surface area contributed by atoms with Gasteiger partial charge in [-0.3, -0.25) is 19.7 Å². The van der Waals surface area contributed by atoms with Gasteiger partial charge in [-0.15, -0.1) is 0 Å².